The lowest BCUT2D eigenvalue weighted by Gasteiger charge is -2.10. The molecule has 20 heavy (non-hydrogen) atoms. The van der Waals surface area contributed by atoms with E-state index in [2.05, 4.69) is 30.6 Å². The lowest BCUT2D eigenvalue weighted by molar-refractivity contribution is 0.385. The van der Waals surface area contributed by atoms with E-state index in [1.54, 1.807) is 6.92 Å². The van der Waals surface area contributed by atoms with E-state index in [0.717, 1.165) is 5.01 Å². The van der Waals surface area contributed by atoms with E-state index in [4.69, 9.17) is 4.74 Å². The average Bonchev–Trinajstić information content (AvgIpc) is 2.67. The van der Waals surface area contributed by atoms with Crippen molar-refractivity contribution in [3.8, 4) is 5.88 Å². The number of aromatic nitrogens is 2. The number of nitrogens with one attached hydrogen (secondary N) is 1. The van der Waals surface area contributed by atoms with Crippen molar-refractivity contribution < 1.29 is 13.2 Å². The number of nitrogens with zero attached hydrogens (tertiary/aromatic N) is 2. The summed E-state index contributed by atoms with van der Waals surface area (Å²) < 4.78 is 32.9. The van der Waals surface area contributed by atoms with Crippen molar-refractivity contribution in [2.75, 3.05) is 11.8 Å². The summed E-state index contributed by atoms with van der Waals surface area (Å²) in [5, 5.41) is 1.28. The third-order valence-electron chi connectivity index (χ3n) is 2.40. The summed E-state index contributed by atoms with van der Waals surface area (Å²) in [5.74, 6) is 0.0413. The molecule has 0 atom stereocenters. The second-order valence-corrected chi connectivity index (χ2v) is 7.68. The quantitative estimate of drug-likeness (QED) is 0.885. The Bertz CT molecular complexity index is 743. The van der Waals surface area contributed by atoms with E-state index < -0.39 is 10.0 Å². The fraction of sp³-hybridized carbons (Fsp3) is 0.273. The van der Waals surface area contributed by atoms with Gasteiger partial charge < -0.3 is 4.74 Å². The van der Waals surface area contributed by atoms with Crippen molar-refractivity contribution in [3.05, 3.63) is 27.4 Å². The molecule has 2 rings (SSSR count). The third kappa shape index (κ3) is 3.10. The number of aryl methyl sites for hydroxylation is 2. The van der Waals surface area contributed by atoms with Gasteiger partial charge in [0.15, 0.2) is 4.90 Å². The van der Waals surface area contributed by atoms with E-state index >= 15 is 0 Å². The number of thiazole rings is 1. The Balaban J connectivity index is 2.45. The fourth-order valence-corrected chi connectivity index (χ4v) is 4.36. The van der Waals surface area contributed by atoms with E-state index in [9.17, 15) is 8.42 Å². The first kappa shape index (κ1) is 15.2. The standard InChI is InChI=1S/C11H12BrN3O3S2/c1-6-11(19-7(2)14-6)15-20(16,17)9-4-8(12)5-13-10(9)18-3/h4-5,15H,1-3H3. The van der Waals surface area contributed by atoms with Crippen molar-refractivity contribution in [2.45, 2.75) is 18.7 Å². The number of pyridine rings is 1. The summed E-state index contributed by atoms with van der Waals surface area (Å²) in [6, 6.07) is 1.44. The molecular formula is C11H12BrN3O3S2. The molecule has 0 amide bonds. The summed E-state index contributed by atoms with van der Waals surface area (Å²) in [6.07, 6.45) is 1.47. The molecule has 2 heterocycles. The topological polar surface area (TPSA) is 81.2 Å². The Morgan fingerprint density at radius 3 is 2.65 bits per heavy atom. The SMILES string of the molecule is COc1ncc(Br)cc1S(=O)(=O)Nc1sc(C)nc1C. The molecule has 0 saturated carbocycles. The first-order valence-corrected chi connectivity index (χ1v) is 8.59. The van der Waals surface area contributed by atoms with Gasteiger partial charge in [-0.05, 0) is 35.8 Å². The molecule has 9 heteroatoms. The normalized spacial score (nSPS) is 11.4. The molecule has 0 aromatic carbocycles. The fourth-order valence-electron chi connectivity index (χ4n) is 1.56. The molecule has 0 unspecified atom stereocenters. The number of hydrogen-bond acceptors (Lipinski definition) is 6. The zero-order valence-electron chi connectivity index (χ0n) is 11.0. The number of halogens is 1. The monoisotopic (exact) mass is 377 g/mol. The maximum Gasteiger partial charge on any atom is 0.267 e. The van der Waals surface area contributed by atoms with Crippen LogP contribution in [-0.2, 0) is 10.0 Å². The molecule has 108 valence electrons. The highest BCUT2D eigenvalue weighted by atomic mass is 79.9. The van der Waals surface area contributed by atoms with Gasteiger partial charge in [0.05, 0.1) is 17.8 Å². The van der Waals surface area contributed by atoms with Gasteiger partial charge in [-0.1, -0.05) is 0 Å². The van der Waals surface area contributed by atoms with Crippen molar-refractivity contribution in [3.63, 3.8) is 0 Å². The van der Waals surface area contributed by atoms with Crippen LogP contribution in [0.1, 0.15) is 10.7 Å². The smallest absolute Gasteiger partial charge is 0.267 e. The maximum atomic E-state index is 12.4. The Kier molecular flexibility index (Phi) is 4.31. The predicted molar refractivity (Wildman–Crippen MR) is 80.9 cm³/mol. The minimum atomic E-state index is -3.78. The van der Waals surface area contributed by atoms with Crippen LogP contribution in [0.5, 0.6) is 5.88 Å². The first-order chi connectivity index (χ1) is 9.33. The van der Waals surface area contributed by atoms with Gasteiger partial charge in [-0.3, -0.25) is 4.72 Å². The van der Waals surface area contributed by atoms with Gasteiger partial charge in [0.1, 0.15) is 5.00 Å². The van der Waals surface area contributed by atoms with Gasteiger partial charge in [0, 0.05) is 10.7 Å². The Hall–Kier alpha value is -1.19. The summed E-state index contributed by atoms with van der Waals surface area (Å²) in [6.45, 7) is 3.56. The summed E-state index contributed by atoms with van der Waals surface area (Å²) >= 11 is 4.48. The molecule has 6 nitrogen and oxygen atoms in total. The zero-order valence-corrected chi connectivity index (χ0v) is 14.2. The number of anilines is 1. The van der Waals surface area contributed by atoms with Gasteiger partial charge in [-0.2, -0.15) is 0 Å². The number of methoxy groups -OCH3 is 1. The van der Waals surface area contributed by atoms with E-state index in [1.165, 1.54) is 30.7 Å². The van der Waals surface area contributed by atoms with Crippen LogP contribution in [-0.4, -0.2) is 25.5 Å². The second-order valence-electron chi connectivity index (χ2n) is 3.91. The maximum absolute atomic E-state index is 12.4. The van der Waals surface area contributed by atoms with E-state index in [0.29, 0.717) is 15.2 Å². The molecule has 0 aliphatic heterocycles. The second kappa shape index (κ2) is 5.66. The molecule has 0 aliphatic rings. The number of ether oxygens (including phenoxy) is 1. The van der Waals surface area contributed by atoms with Crippen LogP contribution in [0.4, 0.5) is 5.00 Å². The van der Waals surface area contributed by atoms with Gasteiger partial charge in [0.25, 0.3) is 10.0 Å². The van der Waals surface area contributed by atoms with Crippen molar-refractivity contribution in [1.82, 2.24) is 9.97 Å². The third-order valence-corrected chi connectivity index (χ3v) is 5.29. The van der Waals surface area contributed by atoms with Gasteiger partial charge in [-0.25, -0.2) is 18.4 Å². The summed E-state index contributed by atoms with van der Waals surface area (Å²) in [5.41, 5.74) is 0.637. The lowest BCUT2D eigenvalue weighted by atomic mass is 10.5. The van der Waals surface area contributed by atoms with E-state index in [1.807, 2.05) is 6.92 Å². The molecular weight excluding hydrogens is 366 g/mol. The molecule has 0 fully saturated rings. The van der Waals surface area contributed by atoms with Gasteiger partial charge in [0.2, 0.25) is 5.88 Å². The molecule has 1 N–H and O–H groups in total. The first-order valence-electron chi connectivity index (χ1n) is 5.50. The molecule has 0 saturated heterocycles. The molecule has 0 spiro atoms. The minimum Gasteiger partial charge on any atom is -0.480 e. The highest BCUT2D eigenvalue weighted by Gasteiger charge is 2.23. The van der Waals surface area contributed by atoms with Gasteiger partial charge in [-0.15, -0.1) is 11.3 Å². The van der Waals surface area contributed by atoms with E-state index in [-0.39, 0.29) is 10.8 Å². The van der Waals surface area contributed by atoms with Crippen LogP contribution in [0.2, 0.25) is 0 Å². The Morgan fingerprint density at radius 1 is 1.40 bits per heavy atom. The van der Waals surface area contributed by atoms with Crippen LogP contribution in [0.15, 0.2) is 21.6 Å². The average molecular weight is 378 g/mol. The van der Waals surface area contributed by atoms with Crippen LogP contribution < -0.4 is 9.46 Å². The largest absolute Gasteiger partial charge is 0.480 e. The molecule has 0 aliphatic carbocycles. The van der Waals surface area contributed by atoms with Crippen LogP contribution in [0, 0.1) is 13.8 Å². The Labute approximate surface area is 129 Å². The molecule has 0 bridgehead atoms. The Morgan fingerprint density at radius 2 is 2.10 bits per heavy atom. The highest BCUT2D eigenvalue weighted by molar-refractivity contribution is 9.10. The van der Waals surface area contributed by atoms with Gasteiger partial charge >= 0.3 is 0 Å². The predicted octanol–water partition coefficient (Wildman–Crippen LogP) is 2.73. The minimum absolute atomic E-state index is 0.0279. The van der Waals surface area contributed by atoms with Crippen molar-refractivity contribution >= 4 is 42.3 Å². The lowest BCUT2D eigenvalue weighted by Crippen LogP contribution is -2.14. The molecule has 2 aromatic heterocycles. The summed E-state index contributed by atoms with van der Waals surface area (Å²) in [7, 11) is -2.41. The van der Waals surface area contributed by atoms with Crippen LogP contribution in [0.3, 0.4) is 0 Å². The number of rotatable bonds is 4. The van der Waals surface area contributed by atoms with Crippen molar-refractivity contribution in [2.24, 2.45) is 0 Å². The van der Waals surface area contributed by atoms with Crippen LogP contribution >= 0.6 is 27.3 Å². The summed E-state index contributed by atoms with van der Waals surface area (Å²) in [4.78, 5) is 8.09. The number of hydrogen-bond donors (Lipinski definition) is 1. The number of sulfonamides is 1. The molecule has 2 aromatic rings. The molecule has 0 radical (unpaired) electrons. The van der Waals surface area contributed by atoms with Crippen LogP contribution in [0.25, 0.3) is 0 Å². The highest BCUT2D eigenvalue weighted by Crippen LogP contribution is 2.30. The zero-order chi connectivity index (χ0) is 14.9. The van der Waals surface area contributed by atoms with Crippen molar-refractivity contribution in [1.29, 1.82) is 0 Å².